The smallest absolute Gasteiger partial charge is 0.272 e. The molecule has 4 heteroatoms. The van der Waals surface area contributed by atoms with Crippen LogP contribution < -0.4 is 5.32 Å². The van der Waals surface area contributed by atoms with Crippen molar-refractivity contribution in [2.24, 2.45) is 0 Å². The molecule has 3 aromatic rings. The number of amides is 1. The molecule has 1 aromatic heterocycles. The number of carbonyl (C=O) groups is 1. The molecule has 0 saturated carbocycles. The fourth-order valence-corrected chi connectivity index (χ4v) is 2.66. The number of fused-ring (bicyclic) bond motifs is 1. The van der Waals surface area contributed by atoms with Crippen LogP contribution in [0.5, 0.6) is 0 Å². The highest BCUT2D eigenvalue weighted by molar-refractivity contribution is 6.08. The molecule has 3 rings (SSSR count). The molecule has 0 radical (unpaired) electrons. The number of hydrogen-bond acceptors (Lipinski definition) is 1. The summed E-state index contributed by atoms with van der Waals surface area (Å²) in [6, 6.07) is 10.3. The lowest BCUT2D eigenvalue weighted by molar-refractivity contribution is 0.102. The van der Waals surface area contributed by atoms with Gasteiger partial charge >= 0.3 is 0 Å². The Kier molecular flexibility index (Phi) is 3.45. The van der Waals surface area contributed by atoms with Gasteiger partial charge in [-0.25, -0.2) is 4.39 Å². The number of H-pyrrole nitrogens is 1. The molecule has 0 spiro atoms. The molecular formula is C18H17FN2O. The quantitative estimate of drug-likeness (QED) is 0.719. The first kappa shape index (κ1) is 14.3. The molecule has 0 fully saturated rings. The Hall–Kier alpha value is -2.62. The second-order valence-corrected chi connectivity index (χ2v) is 5.59. The Balaban J connectivity index is 1.97. The molecule has 0 aliphatic carbocycles. The van der Waals surface area contributed by atoms with Gasteiger partial charge in [0.2, 0.25) is 0 Å². The first-order valence-corrected chi connectivity index (χ1v) is 7.12. The van der Waals surface area contributed by atoms with E-state index in [4.69, 9.17) is 0 Å². The van der Waals surface area contributed by atoms with Crippen molar-refractivity contribution < 1.29 is 9.18 Å². The van der Waals surface area contributed by atoms with E-state index in [1.807, 2.05) is 39.0 Å². The minimum absolute atomic E-state index is 0.221. The number of rotatable bonds is 2. The number of aromatic nitrogens is 1. The van der Waals surface area contributed by atoms with Crippen LogP contribution in [-0.4, -0.2) is 10.9 Å². The molecule has 112 valence electrons. The molecule has 0 bridgehead atoms. The molecule has 0 unspecified atom stereocenters. The maximum Gasteiger partial charge on any atom is 0.272 e. The highest BCUT2D eigenvalue weighted by atomic mass is 19.1. The van der Waals surface area contributed by atoms with Gasteiger partial charge in [-0.3, -0.25) is 4.79 Å². The van der Waals surface area contributed by atoms with Crippen LogP contribution in [0.1, 0.15) is 27.2 Å². The van der Waals surface area contributed by atoms with Crippen LogP contribution in [0.2, 0.25) is 0 Å². The highest BCUT2D eigenvalue weighted by Crippen LogP contribution is 2.24. The summed E-state index contributed by atoms with van der Waals surface area (Å²) in [5.41, 5.74) is 4.89. The van der Waals surface area contributed by atoms with Crippen LogP contribution in [0.4, 0.5) is 10.1 Å². The van der Waals surface area contributed by atoms with Gasteiger partial charge in [-0.15, -0.1) is 0 Å². The Morgan fingerprint density at radius 1 is 1.09 bits per heavy atom. The maximum atomic E-state index is 13.4. The van der Waals surface area contributed by atoms with E-state index in [1.54, 1.807) is 6.07 Å². The van der Waals surface area contributed by atoms with Gasteiger partial charge in [0.1, 0.15) is 11.5 Å². The molecule has 2 N–H and O–H groups in total. The maximum absolute atomic E-state index is 13.4. The monoisotopic (exact) mass is 296 g/mol. The normalized spacial score (nSPS) is 10.9. The number of aromatic amines is 1. The minimum atomic E-state index is -0.309. The van der Waals surface area contributed by atoms with Gasteiger partial charge in [-0.05, 0) is 56.2 Å². The molecule has 1 amide bonds. The lowest BCUT2D eigenvalue weighted by Crippen LogP contribution is -2.14. The van der Waals surface area contributed by atoms with E-state index in [1.165, 1.54) is 12.1 Å². The van der Waals surface area contributed by atoms with E-state index in [9.17, 15) is 9.18 Å². The van der Waals surface area contributed by atoms with E-state index >= 15 is 0 Å². The zero-order valence-electron chi connectivity index (χ0n) is 12.8. The van der Waals surface area contributed by atoms with Crippen LogP contribution in [0.15, 0.2) is 36.4 Å². The first-order chi connectivity index (χ1) is 10.5. The third-order valence-electron chi connectivity index (χ3n) is 3.88. The van der Waals surface area contributed by atoms with Gasteiger partial charge < -0.3 is 10.3 Å². The lowest BCUT2D eigenvalue weighted by atomic mass is 10.1. The zero-order valence-corrected chi connectivity index (χ0v) is 12.8. The number of carbonyl (C=O) groups excluding carboxylic acids is 1. The SMILES string of the molecule is Cc1ccc(NC(=O)c2[nH]c3ccc(F)cc3c2C)c(C)c1. The average Bonchev–Trinajstić information content (AvgIpc) is 2.79. The minimum Gasteiger partial charge on any atom is -0.350 e. The van der Waals surface area contributed by atoms with Crippen LogP contribution in [-0.2, 0) is 0 Å². The summed E-state index contributed by atoms with van der Waals surface area (Å²) in [5.74, 6) is -0.531. The van der Waals surface area contributed by atoms with E-state index < -0.39 is 0 Å². The summed E-state index contributed by atoms with van der Waals surface area (Å²) in [6.45, 7) is 5.78. The summed E-state index contributed by atoms with van der Waals surface area (Å²) in [5, 5.41) is 3.63. The van der Waals surface area contributed by atoms with Crippen molar-refractivity contribution in [3.63, 3.8) is 0 Å². The summed E-state index contributed by atoms with van der Waals surface area (Å²) < 4.78 is 13.4. The summed E-state index contributed by atoms with van der Waals surface area (Å²) in [7, 11) is 0. The fraction of sp³-hybridized carbons (Fsp3) is 0.167. The zero-order chi connectivity index (χ0) is 15.9. The molecule has 2 aromatic carbocycles. The molecule has 0 aliphatic rings. The van der Waals surface area contributed by atoms with Gasteiger partial charge in [0.15, 0.2) is 0 Å². The average molecular weight is 296 g/mol. The number of nitrogens with one attached hydrogen (secondary N) is 2. The molecule has 0 atom stereocenters. The van der Waals surface area contributed by atoms with Gasteiger partial charge in [-0.2, -0.15) is 0 Å². The second-order valence-electron chi connectivity index (χ2n) is 5.59. The van der Waals surface area contributed by atoms with Gasteiger partial charge in [0, 0.05) is 16.6 Å². The predicted molar refractivity (Wildman–Crippen MR) is 86.9 cm³/mol. The van der Waals surface area contributed by atoms with E-state index in [0.29, 0.717) is 5.69 Å². The number of aryl methyl sites for hydroxylation is 3. The number of benzene rings is 2. The van der Waals surface area contributed by atoms with E-state index in [-0.39, 0.29) is 11.7 Å². The van der Waals surface area contributed by atoms with Gasteiger partial charge in [0.05, 0.1) is 0 Å². The van der Waals surface area contributed by atoms with Crippen LogP contribution >= 0.6 is 0 Å². The molecule has 22 heavy (non-hydrogen) atoms. The van der Waals surface area contributed by atoms with Crippen molar-refractivity contribution in [1.82, 2.24) is 4.98 Å². The Labute approximate surface area is 128 Å². The number of hydrogen-bond donors (Lipinski definition) is 2. The second kappa shape index (κ2) is 5.30. The van der Waals surface area contributed by atoms with Crippen molar-refractivity contribution in [1.29, 1.82) is 0 Å². The van der Waals surface area contributed by atoms with Gasteiger partial charge in [-0.1, -0.05) is 17.7 Å². The number of anilines is 1. The lowest BCUT2D eigenvalue weighted by Gasteiger charge is -2.08. The Morgan fingerprint density at radius 3 is 2.59 bits per heavy atom. The topological polar surface area (TPSA) is 44.9 Å². The summed E-state index contributed by atoms with van der Waals surface area (Å²) in [4.78, 5) is 15.6. The number of halogens is 1. The summed E-state index contributed by atoms with van der Waals surface area (Å²) >= 11 is 0. The van der Waals surface area contributed by atoms with Gasteiger partial charge in [0.25, 0.3) is 5.91 Å². The largest absolute Gasteiger partial charge is 0.350 e. The molecule has 1 heterocycles. The van der Waals surface area contributed by atoms with E-state index in [0.717, 1.165) is 33.3 Å². The van der Waals surface area contributed by atoms with Crippen LogP contribution in [0, 0.1) is 26.6 Å². The predicted octanol–water partition coefficient (Wildman–Crippen LogP) is 4.48. The third-order valence-corrected chi connectivity index (χ3v) is 3.88. The molecular weight excluding hydrogens is 279 g/mol. The molecule has 3 nitrogen and oxygen atoms in total. The Morgan fingerprint density at radius 2 is 1.86 bits per heavy atom. The standard InChI is InChI=1S/C18H17FN2O/c1-10-4-6-15(11(2)8-10)21-18(22)17-12(3)14-9-13(19)5-7-16(14)20-17/h4-9,20H,1-3H3,(H,21,22). The molecule has 0 saturated heterocycles. The van der Waals surface area contributed by atoms with Crippen molar-refractivity contribution in [3.8, 4) is 0 Å². The van der Waals surface area contributed by atoms with Crippen molar-refractivity contribution in [2.45, 2.75) is 20.8 Å². The van der Waals surface area contributed by atoms with Crippen LogP contribution in [0.3, 0.4) is 0 Å². The highest BCUT2D eigenvalue weighted by Gasteiger charge is 2.16. The third kappa shape index (κ3) is 2.48. The van der Waals surface area contributed by atoms with Crippen LogP contribution in [0.25, 0.3) is 10.9 Å². The van der Waals surface area contributed by atoms with Crippen molar-refractivity contribution >= 4 is 22.5 Å². The van der Waals surface area contributed by atoms with Crippen molar-refractivity contribution in [2.75, 3.05) is 5.32 Å². The summed E-state index contributed by atoms with van der Waals surface area (Å²) in [6.07, 6.45) is 0. The Bertz CT molecular complexity index is 880. The fourth-order valence-electron chi connectivity index (χ4n) is 2.66. The molecule has 0 aliphatic heterocycles. The first-order valence-electron chi connectivity index (χ1n) is 7.12. The van der Waals surface area contributed by atoms with Crippen molar-refractivity contribution in [3.05, 3.63) is 64.6 Å². The van der Waals surface area contributed by atoms with E-state index in [2.05, 4.69) is 10.3 Å².